The largest absolute Gasteiger partial charge is 0.347 e. The summed E-state index contributed by atoms with van der Waals surface area (Å²) in [5, 5.41) is 10.6. The third kappa shape index (κ3) is 3.16. The van der Waals surface area contributed by atoms with Crippen LogP contribution in [0.5, 0.6) is 0 Å². The minimum atomic E-state index is -0.241. The summed E-state index contributed by atoms with van der Waals surface area (Å²) >= 11 is 0. The van der Waals surface area contributed by atoms with Crippen molar-refractivity contribution in [2.75, 3.05) is 0 Å². The minimum Gasteiger partial charge on any atom is -0.347 e. The molecule has 0 aliphatic carbocycles. The van der Waals surface area contributed by atoms with Gasteiger partial charge in [0.2, 0.25) is 5.91 Å². The lowest BCUT2D eigenvalue weighted by molar-refractivity contribution is -0.121. The normalized spacial score (nSPS) is 16.7. The predicted octanol–water partition coefficient (Wildman–Crippen LogP) is -0.346. The van der Waals surface area contributed by atoms with Gasteiger partial charge in [-0.15, -0.1) is 0 Å². The molecule has 0 spiro atoms. The molecule has 0 radical (unpaired) electrons. The molecule has 0 fully saturated rings. The average Bonchev–Trinajstić information content (AvgIpc) is 2.82. The SMILES string of the molecule is CC(Cn1cccn1)NC(=O)C1=NNC(=O)CC1. The molecular formula is C11H15N5O2. The summed E-state index contributed by atoms with van der Waals surface area (Å²) in [6, 6.07) is 1.77. The van der Waals surface area contributed by atoms with Gasteiger partial charge in [-0.1, -0.05) is 0 Å². The van der Waals surface area contributed by atoms with Crippen molar-refractivity contribution in [3.05, 3.63) is 18.5 Å². The van der Waals surface area contributed by atoms with Crippen LogP contribution in [-0.2, 0) is 16.1 Å². The summed E-state index contributed by atoms with van der Waals surface area (Å²) in [5.41, 5.74) is 2.67. The van der Waals surface area contributed by atoms with E-state index in [-0.39, 0.29) is 17.9 Å². The molecule has 0 aromatic carbocycles. The molecule has 2 heterocycles. The van der Waals surface area contributed by atoms with E-state index in [1.165, 1.54) is 0 Å². The van der Waals surface area contributed by atoms with Crippen LogP contribution in [0.4, 0.5) is 0 Å². The molecule has 1 aliphatic rings. The van der Waals surface area contributed by atoms with Crippen molar-refractivity contribution in [1.29, 1.82) is 0 Å². The second-order valence-electron chi connectivity index (χ2n) is 4.20. The highest BCUT2D eigenvalue weighted by Crippen LogP contribution is 2.00. The van der Waals surface area contributed by atoms with E-state index < -0.39 is 0 Å². The quantitative estimate of drug-likeness (QED) is 0.764. The Morgan fingerprint density at radius 1 is 1.61 bits per heavy atom. The van der Waals surface area contributed by atoms with Crippen molar-refractivity contribution in [3.63, 3.8) is 0 Å². The molecule has 0 saturated heterocycles. The fraction of sp³-hybridized carbons (Fsp3) is 0.455. The molecular weight excluding hydrogens is 234 g/mol. The van der Waals surface area contributed by atoms with Crippen LogP contribution in [0.25, 0.3) is 0 Å². The van der Waals surface area contributed by atoms with Crippen LogP contribution in [0.2, 0.25) is 0 Å². The Morgan fingerprint density at radius 3 is 3.06 bits per heavy atom. The summed E-state index contributed by atoms with van der Waals surface area (Å²) in [6.07, 6.45) is 4.21. The third-order valence-corrected chi connectivity index (χ3v) is 2.56. The number of nitrogens with zero attached hydrogens (tertiary/aromatic N) is 3. The Morgan fingerprint density at radius 2 is 2.44 bits per heavy atom. The van der Waals surface area contributed by atoms with Crippen LogP contribution >= 0.6 is 0 Å². The Balaban J connectivity index is 1.85. The number of hydrogen-bond acceptors (Lipinski definition) is 4. The predicted molar refractivity (Wildman–Crippen MR) is 64.6 cm³/mol. The monoisotopic (exact) mass is 249 g/mol. The maximum absolute atomic E-state index is 11.8. The van der Waals surface area contributed by atoms with Crippen LogP contribution in [0.1, 0.15) is 19.8 Å². The summed E-state index contributed by atoms with van der Waals surface area (Å²) in [6.45, 7) is 2.49. The number of carbonyl (C=O) groups excluding carboxylic acids is 2. The van der Waals surface area contributed by atoms with Crippen molar-refractivity contribution in [2.24, 2.45) is 5.10 Å². The van der Waals surface area contributed by atoms with Crippen LogP contribution in [0.3, 0.4) is 0 Å². The molecule has 0 saturated carbocycles. The zero-order valence-electron chi connectivity index (χ0n) is 10.1. The number of amides is 2. The van der Waals surface area contributed by atoms with Gasteiger partial charge in [0.15, 0.2) is 0 Å². The number of aromatic nitrogens is 2. The molecule has 1 atom stereocenters. The number of hydrazone groups is 1. The van der Waals surface area contributed by atoms with Gasteiger partial charge in [-0.2, -0.15) is 10.2 Å². The Hall–Kier alpha value is -2.18. The van der Waals surface area contributed by atoms with E-state index in [0.717, 1.165) is 0 Å². The summed E-state index contributed by atoms with van der Waals surface area (Å²) < 4.78 is 1.75. The Labute approximate surface area is 104 Å². The topological polar surface area (TPSA) is 88.4 Å². The molecule has 0 bridgehead atoms. The van der Waals surface area contributed by atoms with Gasteiger partial charge in [-0.25, -0.2) is 5.43 Å². The average molecular weight is 249 g/mol. The molecule has 18 heavy (non-hydrogen) atoms. The van der Waals surface area contributed by atoms with E-state index >= 15 is 0 Å². The molecule has 1 unspecified atom stereocenters. The summed E-state index contributed by atoms with van der Waals surface area (Å²) in [5.74, 6) is -0.397. The van der Waals surface area contributed by atoms with E-state index in [0.29, 0.717) is 25.1 Å². The highest BCUT2D eigenvalue weighted by atomic mass is 16.2. The molecule has 7 nitrogen and oxygen atoms in total. The standard InChI is InChI=1S/C11H15N5O2/c1-8(7-16-6-2-5-12-16)13-11(18)9-3-4-10(17)15-14-9/h2,5-6,8H,3-4,7H2,1H3,(H,13,18)(H,15,17). The number of hydrogen-bond donors (Lipinski definition) is 2. The number of carbonyl (C=O) groups is 2. The third-order valence-electron chi connectivity index (χ3n) is 2.56. The van der Waals surface area contributed by atoms with Crippen molar-refractivity contribution in [3.8, 4) is 0 Å². The maximum atomic E-state index is 11.8. The van der Waals surface area contributed by atoms with Gasteiger partial charge < -0.3 is 5.32 Å². The van der Waals surface area contributed by atoms with Crippen molar-refractivity contribution >= 4 is 17.5 Å². The Bertz CT molecular complexity index is 466. The van der Waals surface area contributed by atoms with Gasteiger partial charge in [0.05, 0.1) is 6.54 Å². The van der Waals surface area contributed by atoms with E-state index in [1.807, 2.05) is 19.2 Å². The first-order valence-electron chi connectivity index (χ1n) is 5.79. The lowest BCUT2D eigenvalue weighted by atomic mass is 10.1. The van der Waals surface area contributed by atoms with Gasteiger partial charge >= 0.3 is 0 Å². The molecule has 2 amide bonds. The molecule has 7 heteroatoms. The summed E-state index contributed by atoms with van der Waals surface area (Å²) in [7, 11) is 0. The zero-order valence-corrected chi connectivity index (χ0v) is 10.1. The highest BCUT2D eigenvalue weighted by Gasteiger charge is 2.19. The summed E-state index contributed by atoms with van der Waals surface area (Å²) in [4.78, 5) is 22.7. The highest BCUT2D eigenvalue weighted by molar-refractivity contribution is 6.39. The molecule has 1 aliphatic heterocycles. The molecule has 2 N–H and O–H groups in total. The first-order valence-corrected chi connectivity index (χ1v) is 5.79. The van der Waals surface area contributed by atoms with Gasteiger partial charge in [0, 0.05) is 31.3 Å². The van der Waals surface area contributed by atoms with Crippen LogP contribution in [-0.4, -0.2) is 33.3 Å². The van der Waals surface area contributed by atoms with Crippen molar-refractivity contribution < 1.29 is 9.59 Å². The molecule has 96 valence electrons. The Kier molecular flexibility index (Phi) is 3.71. The fourth-order valence-electron chi connectivity index (χ4n) is 1.68. The van der Waals surface area contributed by atoms with E-state index in [4.69, 9.17) is 0 Å². The zero-order chi connectivity index (χ0) is 13.0. The molecule has 2 rings (SSSR count). The van der Waals surface area contributed by atoms with Gasteiger partial charge in [0.1, 0.15) is 5.71 Å². The van der Waals surface area contributed by atoms with Crippen molar-refractivity contribution in [1.82, 2.24) is 20.5 Å². The lowest BCUT2D eigenvalue weighted by Crippen LogP contribution is -2.42. The van der Waals surface area contributed by atoms with Crippen LogP contribution < -0.4 is 10.7 Å². The van der Waals surface area contributed by atoms with E-state index in [1.54, 1.807) is 10.9 Å². The molecule has 1 aromatic rings. The maximum Gasteiger partial charge on any atom is 0.267 e. The minimum absolute atomic E-state index is 0.0577. The van der Waals surface area contributed by atoms with Gasteiger partial charge in [-0.3, -0.25) is 14.3 Å². The lowest BCUT2D eigenvalue weighted by Gasteiger charge is -2.16. The van der Waals surface area contributed by atoms with Crippen molar-refractivity contribution in [2.45, 2.75) is 32.4 Å². The second kappa shape index (κ2) is 5.44. The van der Waals surface area contributed by atoms with Gasteiger partial charge in [-0.05, 0) is 13.0 Å². The van der Waals surface area contributed by atoms with E-state index in [2.05, 4.69) is 20.9 Å². The number of rotatable bonds is 4. The fourth-order valence-corrected chi connectivity index (χ4v) is 1.68. The van der Waals surface area contributed by atoms with Gasteiger partial charge in [0.25, 0.3) is 5.91 Å². The van der Waals surface area contributed by atoms with Crippen LogP contribution in [0.15, 0.2) is 23.6 Å². The number of nitrogens with one attached hydrogen (secondary N) is 2. The smallest absolute Gasteiger partial charge is 0.267 e. The molecule has 1 aromatic heterocycles. The second-order valence-corrected chi connectivity index (χ2v) is 4.20. The van der Waals surface area contributed by atoms with E-state index in [9.17, 15) is 9.59 Å². The van der Waals surface area contributed by atoms with Crippen LogP contribution in [0, 0.1) is 0 Å². The first-order chi connectivity index (χ1) is 8.65. The first kappa shape index (κ1) is 12.3.